The maximum Gasteiger partial charge on any atom is 0.234 e. The Morgan fingerprint density at radius 1 is 1.41 bits per heavy atom. The normalized spacial score (nSPS) is 17.0. The highest BCUT2D eigenvalue weighted by atomic mass is 32.1. The Kier molecular flexibility index (Phi) is 3.94. The van der Waals surface area contributed by atoms with Crippen LogP contribution in [0.15, 0.2) is 29.6 Å². The SMILES string of the molecule is CC(C)c1csc(NC(=O)[C@@H]2CC(=O)Nc3ccccc32)n1. The van der Waals surface area contributed by atoms with Gasteiger partial charge in [0.1, 0.15) is 0 Å². The number of aromatic nitrogens is 1. The standard InChI is InChI=1S/C16H17N3O2S/c1-9(2)13-8-22-16(18-13)19-15(21)11-7-14(20)17-12-6-4-3-5-10(11)12/h3-6,8-9,11H,7H2,1-2H3,(H,17,20)(H,18,19,21)/t11-/m1/s1. The van der Waals surface area contributed by atoms with Gasteiger partial charge in [-0.05, 0) is 17.5 Å². The zero-order valence-corrected chi connectivity index (χ0v) is 13.2. The topological polar surface area (TPSA) is 71.1 Å². The van der Waals surface area contributed by atoms with Crippen LogP contribution in [0.25, 0.3) is 0 Å². The van der Waals surface area contributed by atoms with Gasteiger partial charge in [-0.3, -0.25) is 9.59 Å². The first-order chi connectivity index (χ1) is 10.5. The van der Waals surface area contributed by atoms with Crippen LogP contribution < -0.4 is 10.6 Å². The molecule has 0 saturated heterocycles. The number of nitrogens with zero attached hydrogens (tertiary/aromatic N) is 1. The molecule has 2 N–H and O–H groups in total. The summed E-state index contributed by atoms with van der Waals surface area (Å²) in [7, 11) is 0. The highest BCUT2D eigenvalue weighted by molar-refractivity contribution is 7.13. The third-order valence-corrected chi connectivity index (χ3v) is 4.44. The van der Waals surface area contributed by atoms with Crippen LogP contribution in [-0.4, -0.2) is 16.8 Å². The number of hydrogen-bond donors (Lipinski definition) is 2. The lowest BCUT2D eigenvalue weighted by Gasteiger charge is -2.24. The summed E-state index contributed by atoms with van der Waals surface area (Å²) in [4.78, 5) is 28.7. The van der Waals surface area contributed by atoms with E-state index in [9.17, 15) is 9.59 Å². The molecule has 0 unspecified atom stereocenters. The van der Waals surface area contributed by atoms with E-state index in [0.29, 0.717) is 16.7 Å². The average Bonchev–Trinajstić information content (AvgIpc) is 2.95. The monoisotopic (exact) mass is 315 g/mol. The Labute approximate surface area is 132 Å². The summed E-state index contributed by atoms with van der Waals surface area (Å²) in [5, 5.41) is 8.16. The van der Waals surface area contributed by atoms with E-state index in [4.69, 9.17) is 0 Å². The van der Waals surface area contributed by atoms with Gasteiger partial charge in [0.25, 0.3) is 0 Å². The van der Waals surface area contributed by atoms with Gasteiger partial charge in [-0.25, -0.2) is 4.98 Å². The van der Waals surface area contributed by atoms with Gasteiger partial charge in [-0.1, -0.05) is 32.0 Å². The van der Waals surface area contributed by atoms with E-state index in [1.165, 1.54) is 11.3 Å². The molecular weight excluding hydrogens is 298 g/mol. The summed E-state index contributed by atoms with van der Waals surface area (Å²) < 4.78 is 0. The molecule has 2 aromatic rings. The minimum atomic E-state index is -0.476. The van der Waals surface area contributed by atoms with Gasteiger partial charge in [0.05, 0.1) is 11.6 Å². The van der Waals surface area contributed by atoms with Gasteiger partial charge in [-0.15, -0.1) is 11.3 Å². The van der Waals surface area contributed by atoms with Crippen molar-refractivity contribution in [2.75, 3.05) is 10.6 Å². The molecule has 2 amide bonds. The summed E-state index contributed by atoms with van der Waals surface area (Å²) >= 11 is 1.41. The van der Waals surface area contributed by atoms with Crippen LogP contribution >= 0.6 is 11.3 Å². The molecule has 1 aliphatic rings. The molecule has 0 radical (unpaired) electrons. The summed E-state index contributed by atoms with van der Waals surface area (Å²) in [6.07, 6.45) is 0.158. The number of anilines is 2. The van der Waals surface area contributed by atoms with Crippen molar-refractivity contribution >= 4 is 34.0 Å². The van der Waals surface area contributed by atoms with Crippen LogP contribution in [0.5, 0.6) is 0 Å². The van der Waals surface area contributed by atoms with Crippen LogP contribution in [0.2, 0.25) is 0 Å². The number of para-hydroxylation sites is 1. The van der Waals surface area contributed by atoms with Crippen LogP contribution in [0.4, 0.5) is 10.8 Å². The first-order valence-electron chi connectivity index (χ1n) is 7.19. The predicted octanol–water partition coefficient (Wildman–Crippen LogP) is 3.33. The minimum absolute atomic E-state index is 0.138. The Bertz CT molecular complexity index is 724. The number of nitrogens with one attached hydrogen (secondary N) is 2. The Balaban J connectivity index is 1.81. The van der Waals surface area contributed by atoms with Crippen LogP contribution in [-0.2, 0) is 9.59 Å². The predicted molar refractivity (Wildman–Crippen MR) is 87.3 cm³/mol. The second kappa shape index (κ2) is 5.88. The molecule has 0 spiro atoms. The highest BCUT2D eigenvalue weighted by Crippen LogP contribution is 2.33. The summed E-state index contributed by atoms with van der Waals surface area (Å²) in [5.74, 6) is -0.479. The van der Waals surface area contributed by atoms with Crippen molar-refractivity contribution in [1.29, 1.82) is 0 Å². The van der Waals surface area contributed by atoms with Crippen molar-refractivity contribution in [3.05, 3.63) is 40.9 Å². The first-order valence-corrected chi connectivity index (χ1v) is 8.07. The first kappa shape index (κ1) is 14.7. The maximum atomic E-state index is 12.5. The van der Waals surface area contributed by atoms with E-state index in [0.717, 1.165) is 11.3 Å². The minimum Gasteiger partial charge on any atom is -0.326 e. The molecule has 0 aliphatic carbocycles. The van der Waals surface area contributed by atoms with Gasteiger partial charge in [0, 0.05) is 17.5 Å². The van der Waals surface area contributed by atoms with Crippen LogP contribution in [0.1, 0.15) is 43.4 Å². The van der Waals surface area contributed by atoms with Crippen molar-refractivity contribution in [2.45, 2.75) is 32.1 Å². The molecule has 114 valence electrons. The van der Waals surface area contributed by atoms with Crippen molar-refractivity contribution in [2.24, 2.45) is 0 Å². The summed E-state index contributed by atoms with van der Waals surface area (Å²) in [6, 6.07) is 7.40. The molecule has 5 nitrogen and oxygen atoms in total. The van der Waals surface area contributed by atoms with E-state index >= 15 is 0 Å². The lowest BCUT2D eigenvalue weighted by molar-refractivity contribution is -0.123. The number of benzene rings is 1. The van der Waals surface area contributed by atoms with Crippen molar-refractivity contribution in [3.63, 3.8) is 0 Å². The number of carbonyl (C=O) groups is 2. The molecule has 0 bridgehead atoms. The Morgan fingerprint density at radius 3 is 2.91 bits per heavy atom. The Morgan fingerprint density at radius 2 is 2.18 bits per heavy atom. The maximum absolute atomic E-state index is 12.5. The summed E-state index contributed by atoms with van der Waals surface area (Å²) in [5.41, 5.74) is 2.52. The van der Waals surface area contributed by atoms with Crippen molar-refractivity contribution < 1.29 is 9.59 Å². The molecule has 6 heteroatoms. The fourth-order valence-electron chi connectivity index (χ4n) is 2.45. The molecule has 2 heterocycles. The third-order valence-electron chi connectivity index (χ3n) is 3.66. The molecule has 0 fully saturated rings. The number of fused-ring (bicyclic) bond motifs is 1. The summed E-state index contributed by atoms with van der Waals surface area (Å²) in [6.45, 7) is 4.12. The molecule has 1 aromatic heterocycles. The molecule has 1 aliphatic heterocycles. The van der Waals surface area contributed by atoms with Crippen LogP contribution in [0, 0.1) is 0 Å². The van der Waals surface area contributed by atoms with Crippen LogP contribution in [0.3, 0.4) is 0 Å². The molecule has 1 aromatic carbocycles. The van der Waals surface area contributed by atoms with E-state index in [1.807, 2.05) is 29.6 Å². The molecule has 3 rings (SSSR count). The van der Waals surface area contributed by atoms with Gasteiger partial charge >= 0.3 is 0 Å². The third kappa shape index (κ3) is 2.87. The van der Waals surface area contributed by atoms with E-state index in [1.54, 1.807) is 0 Å². The Hall–Kier alpha value is -2.21. The molecule has 0 saturated carbocycles. The van der Waals surface area contributed by atoms with E-state index in [2.05, 4.69) is 29.5 Å². The second-order valence-corrected chi connectivity index (χ2v) is 6.47. The largest absolute Gasteiger partial charge is 0.326 e. The second-order valence-electron chi connectivity index (χ2n) is 5.61. The van der Waals surface area contributed by atoms with Gasteiger partial charge in [0.2, 0.25) is 11.8 Å². The number of carbonyl (C=O) groups excluding carboxylic acids is 2. The van der Waals surface area contributed by atoms with Gasteiger partial charge < -0.3 is 10.6 Å². The van der Waals surface area contributed by atoms with Gasteiger partial charge in [0.15, 0.2) is 5.13 Å². The number of thiazole rings is 1. The number of hydrogen-bond acceptors (Lipinski definition) is 4. The number of rotatable bonds is 3. The van der Waals surface area contributed by atoms with Crippen molar-refractivity contribution in [1.82, 2.24) is 4.98 Å². The van der Waals surface area contributed by atoms with Gasteiger partial charge in [-0.2, -0.15) is 0 Å². The highest BCUT2D eigenvalue weighted by Gasteiger charge is 2.30. The van der Waals surface area contributed by atoms with E-state index in [-0.39, 0.29) is 18.2 Å². The fourth-order valence-corrected chi connectivity index (χ4v) is 3.32. The lowest BCUT2D eigenvalue weighted by Crippen LogP contribution is -2.30. The zero-order valence-electron chi connectivity index (χ0n) is 12.4. The lowest BCUT2D eigenvalue weighted by atomic mass is 9.90. The molecule has 1 atom stereocenters. The number of amides is 2. The van der Waals surface area contributed by atoms with Crippen molar-refractivity contribution in [3.8, 4) is 0 Å². The quantitative estimate of drug-likeness (QED) is 0.912. The van der Waals surface area contributed by atoms with E-state index < -0.39 is 5.92 Å². The zero-order chi connectivity index (χ0) is 15.7. The fraction of sp³-hybridized carbons (Fsp3) is 0.312. The average molecular weight is 315 g/mol. The molecule has 22 heavy (non-hydrogen) atoms. The smallest absolute Gasteiger partial charge is 0.234 e. The molecular formula is C16H17N3O2S.